The zero-order valence-electron chi connectivity index (χ0n) is 15.9. The van der Waals surface area contributed by atoms with Crippen LogP contribution in [-0.2, 0) is 13.1 Å². The zero-order chi connectivity index (χ0) is 19.5. The van der Waals surface area contributed by atoms with E-state index in [9.17, 15) is 4.79 Å². The van der Waals surface area contributed by atoms with Crippen LogP contribution in [0, 0.1) is 6.92 Å². The summed E-state index contributed by atoms with van der Waals surface area (Å²) in [5, 5.41) is 3.05. The number of nitrogens with one attached hydrogen (secondary N) is 1. The average molecular weight is 391 g/mol. The van der Waals surface area contributed by atoms with Crippen LogP contribution in [-0.4, -0.2) is 17.6 Å². The first kappa shape index (κ1) is 18.3. The maximum atomic E-state index is 13.0. The number of benzene rings is 2. The Morgan fingerprint density at radius 2 is 1.82 bits per heavy atom. The molecule has 0 fully saturated rings. The minimum Gasteiger partial charge on any atom is -0.497 e. The highest BCUT2D eigenvalue weighted by molar-refractivity contribution is 7.19. The number of hydrogen-bond donors (Lipinski definition) is 1. The standard InChI is InChI=1S/C23H22N2O2S/c1-16-11-20-22(28-16)13-21(23(26)24-14-17-7-4-3-5-8-17)25(20)15-18-9-6-10-19(12-18)27-2/h3-13H,14-15H2,1-2H3,(H,24,26). The van der Waals surface area contributed by atoms with E-state index in [4.69, 9.17) is 4.74 Å². The second-order valence-corrected chi connectivity index (χ2v) is 8.03. The summed E-state index contributed by atoms with van der Waals surface area (Å²) in [4.78, 5) is 14.2. The molecule has 4 aromatic rings. The van der Waals surface area contributed by atoms with E-state index >= 15 is 0 Å². The van der Waals surface area contributed by atoms with Crippen molar-refractivity contribution in [3.05, 3.63) is 88.4 Å². The van der Waals surface area contributed by atoms with Gasteiger partial charge in [-0.3, -0.25) is 4.79 Å². The minimum absolute atomic E-state index is 0.0622. The molecule has 2 aromatic carbocycles. The Morgan fingerprint density at radius 1 is 1.04 bits per heavy atom. The molecule has 0 bridgehead atoms. The van der Waals surface area contributed by atoms with Gasteiger partial charge < -0.3 is 14.6 Å². The van der Waals surface area contributed by atoms with Crippen LogP contribution in [0.4, 0.5) is 0 Å². The molecule has 28 heavy (non-hydrogen) atoms. The predicted octanol–water partition coefficient (Wildman–Crippen LogP) is 5.00. The van der Waals surface area contributed by atoms with Gasteiger partial charge in [0.15, 0.2) is 0 Å². The number of carbonyl (C=O) groups is 1. The molecule has 142 valence electrons. The van der Waals surface area contributed by atoms with E-state index in [0.29, 0.717) is 18.8 Å². The van der Waals surface area contributed by atoms with Crippen LogP contribution < -0.4 is 10.1 Å². The van der Waals surface area contributed by atoms with Crippen LogP contribution in [0.15, 0.2) is 66.7 Å². The lowest BCUT2D eigenvalue weighted by Gasteiger charge is -2.12. The van der Waals surface area contributed by atoms with E-state index in [1.807, 2.05) is 54.6 Å². The third-order valence-electron chi connectivity index (χ3n) is 4.72. The highest BCUT2D eigenvalue weighted by Gasteiger charge is 2.17. The summed E-state index contributed by atoms with van der Waals surface area (Å²) < 4.78 is 8.57. The van der Waals surface area contributed by atoms with Crippen molar-refractivity contribution < 1.29 is 9.53 Å². The Bertz CT molecular complexity index is 1110. The largest absolute Gasteiger partial charge is 0.497 e. The van der Waals surface area contributed by atoms with Crippen LogP contribution in [0.3, 0.4) is 0 Å². The third kappa shape index (κ3) is 3.80. The Kier molecular flexibility index (Phi) is 5.17. The van der Waals surface area contributed by atoms with Gasteiger partial charge in [0.1, 0.15) is 11.4 Å². The second-order valence-electron chi connectivity index (χ2n) is 6.74. The highest BCUT2D eigenvalue weighted by atomic mass is 32.1. The van der Waals surface area contributed by atoms with Crippen molar-refractivity contribution in [1.29, 1.82) is 0 Å². The summed E-state index contributed by atoms with van der Waals surface area (Å²) in [6.07, 6.45) is 0. The number of fused-ring (bicyclic) bond motifs is 1. The maximum Gasteiger partial charge on any atom is 0.268 e. The number of aryl methyl sites for hydroxylation is 1. The monoisotopic (exact) mass is 390 g/mol. The van der Waals surface area contributed by atoms with Gasteiger partial charge in [-0.2, -0.15) is 0 Å². The van der Waals surface area contributed by atoms with Gasteiger partial charge in [0.05, 0.1) is 17.3 Å². The molecule has 4 rings (SSSR count). The van der Waals surface area contributed by atoms with E-state index in [0.717, 1.165) is 27.1 Å². The lowest BCUT2D eigenvalue weighted by Crippen LogP contribution is -2.25. The number of carbonyl (C=O) groups excluding carboxylic acids is 1. The zero-order valence-corrected chi connectivity index (χ0v) is 16.8. The van der Waals surface area contributed by atoms with Crippen LogP contribution in [0.25, 0.3) is 10.2 Å². The fourth-order valence-corrected chi connectivity index (χ4v) is 4.31. The first-order valence-corrected chi connectivity index (χ1v) is 10.0. The molecule has 5 heteroatoms. The Morgan fingerprint density at radius 3 is 2.61 bits per heavy atom. The number of ether oxygens (including phenoxy) is 1. The van der Waals surface area contributed by atoms with Crippen molar-refractivity contribution in [2.75, 3.05) is 7.11 Å². The Labute approximate surface area is 168 Å². The summed E-state index contributed by atoms with van der Waals surface area (Å²) >= 11 is 1.71. The minimum atomic E-state index is -0.0622. The number of thiophene rings is 1. The topological polar surface area (TPSA) is 43.3 Å². The van der Waals surface area contributed by atoms with E-state index in [1.54, 1.807) is 18.4 Å². The number of methoxy groups -OCH3 is 1. The van der Waals surface area contributed by atoms with Crippen molar-refractivity contribution in [3.8, 4) is 5.75 Å². The van der Waals surface area contributed by atoms with Crippen molar-refractivity contribution in [2.45, 2.75) is 20.0 Å². The molecule has 0 unspecified atom stereocenters. The van der Waals surface area contributed by atoms with E-state index < -0.39 is 0 Å². The maximum absolute atomic E-state index is 13.0. The summed E-state index contributed by atoms with van der Waals surface area (Å²) in [5.74, 6) is 0.755. The molecule has 2 aromatic heterocycles. The fraction of sp³-hybridized carbons (Fsp3) is 0.174. The smallest absolute Gasteiger partial charge is 0.268 e. The van der Waals surface area contributed by atoms with Crippen molar-refractivity contribution >= 4 is 27.5 Å². The number of aromatic nitrogens is 1. The van der Waals surface area contributed by atoms with Crippen LogP contribution in [0.1, 0.15) is 26.5 Å². The molecule has 0 saturated heterocycles. The van der Waals surface area contributed by atoms with Crippen LogP contribution in [0.2, 0.25) is 0 Å². The van der Waals surface area contributed by atoms with Gasteiger partial charge in [-0.25, -0.2) is 0 Å². The number of rotatable bonds is 6. The molecule has 0 spiro atoms. The molecule has 1 amide bonds. The van der Waals surface area contributed by atoms with Crippen molar-refractivity contribution in [3.63, 3.8) is 0 Å². The van der Waals surface area contributed by atoms with Crippen LogP contribution >= 0.6 is 11.3 Å². The quantitative estimate of drug-likeness (QED) is 0.504. The number of hydrogen-bond acceptors (Lipinski definition) is 3. The van der Waals surface area contributed by atoms with Crippen molar-refractivity contribution in [2.24, 2.45) is 0 Å². The van der Waals surface area contributed by atoms with Crippen molar-refractivity contribution in [1.82, 2.24) is 9.88 Å². The molecule has 0 aliphatic heterocycles. The first-order chi connectivity index (χ1) is 13.6. The lowest BCUT2D eigenvalue weighted by molar-refractivity contribution is 0.0942. The molecule has 0 aliphatic carbocycles. The normalized spacial score (nSPS) is 10.9. The first-order valence-electron chi connectivity index (χ1n) is 9.19. The molecule has 0 atom stereocenters. The molecular formula is C23H22N2O2S. The van der Waals surface area contributed by atoms with Crippen LogP contribution in [0.5, 0.6) is 5.75 Å². The second kappa shape index (κ2) is 7.90. The summed E-state index contributed by atoms with van der Waals surface area (Å²) in [7, 11) is 1.66. The molecular weight excluding hydrogens is 368 g/mol. The fourth-order valence-electron chi connectivity index (χ4n) is 3.35. The van der Waals surface area contributed by atoms with Gasteiger partial charge in [0, 0.05) is 18.0 Å². The Balaban J connectivity index is 1.64. The van der Waals surface area contributed by atoms with Gasteiger partial charge in [-0.15, -0.1) is 11.3 Å². The number of amides is 1. The Hall–Kier alpha value is -3.05. The van der Waals surface area contributed by atoms with Gasteiger partial charge >= 0.3 is 0 Å². The SMILES string of the molecule is COc1cccc(Cn2c(C(=O)NCc3ccccc3)cc3sc(C)cc32)c1. The van der Waals surface area contributed by atoms with E-state index in [2.05, 4.69) is 28.9 Å². The van der Waals surface area contributed by atoms with Gasteiger partial charge in [-0.1, -0.05) is 42.5 Å². The molecule has 0 saturated carbocycles. The molecule has 2 heterocycles. The van der Waals surface area contributed by atoms with E-state index in [-0.39, 0.29) is 5.91 Å². The third-order valence-corrected chi connectivity index (χ3v) is 5.70. The molecule has 0 aliphatic rings. The lowest BCUT2D eigenvalue weighted by atomic mass is 10.2. The average Bonchev–Trinajstić information content (AvgIpc) is 3.24. The van der Waals surface area contributed by atoms with Gasteiger partial charge in [0.2, 0.25) is 0 Å². The predicted molar refractivity (Wildman–Crippen MR) is 114 cm³/mol. The number of nitrogens with zero attached hydrogens (tertiary/aromatic N) is 1. The highest BCUT2D eigenvalue weighted by Crippen LogP contribution is 2.30. The summed E-state index contributed by atoms with van der Waals surface area (Å²) in [5.41, 5.74) is 3.95. The molecule has 4 nitrogen and oxygen atoms in total. The molecule has 0 radical (unpaired) electrons. The van der Waals surface area contributed by atoms with Gasteiger partial charge in [0.25, 0.3) is 5.91 Å². The summed E-state index contributed by atoms with van der Waals surface area (Å²) in [6, 6.07) is 22.1. The molecule has 1 N–H and O–H groups in total. The summed E-state index contributed by atoms with van der Waals surface area (Å²) in [6.45, 7) is 3.22. The van der Waals surface area contributed by atoms with E-state index in [1.165, 1.54) is 4.88 Å². The van der Waals surface area contributed by atoms with Gasteiger partial charge in [-0.05, 0) is 42.3 Å².